The lowest BCUT2D eigenvalue weighted by molar-refractivity contribution is 0.575. The lowest BCUT2D eigenvalue weighted by Gasteiger charge is -2.16. The van der Waals surface area contributed by atoms with Crippen LogP contribution in [0.3, 0.4) is 0 Å². The van der Waals surface area contributed by atoms with Crippen molar-refractivity contribution >= 4 is 34.8 Å². The summed E-state index contributed by atoms with van der Waals surface area (Å²) in [4.78, 5) is 0. The Hall–Kier alpha value is -0.730. The third-order valence-electron chi connectivity index (χ3n) is 3.24. The first-order valence-corrected chi connectivity index (χ1v) is 7.54. The van der Waals surface area contributed by atoms with Gasteiger partial charge in [-0.05, 0) is 48.7 Å². The van der Waals surface area contributed by atoms with Crippen LogP contribution < -0.4 is 5.32 Å². The van der Waals surface area contributed by atoms with Crippen molar-refractivity contribution in [1.82, 2.24) is 5.32 Å². The Morgan fingerprint density at radius 1 is 1.00 bits per heavy atom. The summed E-state index contributed by atoms with van der Waals surface area (Å²) in [5.41, 5.74) is 3.26. The van der Waals surface area contributed by atoms with Gasteiger partial charge >= 0.3 is 0 Å². The SMILES string of the molecule is Cc1ccc(CNC(C)c2ccc(Cl)cc2Cl)c(Cl)c1. The lowest BCUT2D eigenvalue weighted by atomic mass is 10.1. The molecular weight excluding hydrogens is 313 g/mol. The molecule has 0 aromatic heterocycles. The molecule has 0 amide bonds. The minimum atomic E-state index is 0.122. The third-order valence-corrected chi connectivity index (χ3v) is 4.15. The van der Waals surface area contributed by atoms with Gasteiger partial charge in [-0.1, -0.05) is 53.0 Å². The maximum atomic E-state index is 6.23. The normalized spacial score (nSPS) is 12.4. The van der Waals surface area contributed by atoms with E-state index in [0.717, 1.165) is 21.7 Å². The van der Waals surface area contributed by atoms with E-state index in [2.05, 4.69) is 18.3 Å². The second kappa shape index (κ2) is 6.82. The minimum absolute atomic E-state index is 0.122. The molecule has 0 aliphatic rings. The van der Waals surface area contributed by atoms with Crippen LogP contribution in [0.1, 0.15) is 29.7 Å². The smallest absolute Gasteiger partial charge is 0.0468 e. The first kappa shape index (κ1) is 15.7. The van der Waals surface area contributed by atoms with Crippen LogP contribution >= 0.6 is 34.8 Å². The summed E-state index contributed by atoms with van der Waals surface area (Å²) < 4.78 is 0. The zero-order valence-electron chi connectivity index (χ0n) is 11.4. The molecule has 2 aromatic rings. The van der Waals surface area contributed by atoms with Gasteiger partial charge in [-0.25, -0.2) is 0 Å². The van der Waals surface area contributed by atoms with Gasteiger partial charge in [-0.3, -0.25) is 0 Å². The Morgan fingerprint density at radius 2 is 1.75 bits per heavy atom. The van der Waals surface area contributed by atoms with Gasteiger partial charge in [0.25, 0.3) is 0 Å². The molecule has 2 aromatic carbocycles. The van der Waals surface area contributed by atoms with Crippen LogP contribution in [0, 0.1) is 6.92 Å². The molecule has 0 fully saturated rings. The predicted molar refractivity (Wildman–Crippen MR) is 87.9 cm³/mol. The minimum Gasteiger partial charge on any atom is -0.306 e. The fourth-order valence-corrected chi connectivity index (χ4v) is 2.90. The van der Waals surface area contributed by atoms with E-state index < -0.39 is 0 Å². The van der Waals surface area contributed by atoms with Crippen molar-refractivity contribution in [1.29, 1.82) is 0 Å². The van der Waals surface area contributed by atoms with Crippen LogP contribution in [0.2, 0.25) is 15.1 Å². The van der Waals surface area contributed by atoms with Crippen molar-refractivity contribution in [2.24, 2.45) is 0 Å². The zero-order chi connectivity index (χ0) is 14.7. The van der Waals surface area contributed by atoms with E-state index in [1.54, 1.807) is 6.07 Å². The average Bonchev–Trinajstić information content (AvgIpc) is 2.37. The Morgan fingerprint density at radius 3 is 2.40 bits per heavy atom. The zero-order valence-corrected chi connectivity index (χ0v) is 13.7. The Labute approximate surface area is 134 Å². The fraction of sp³-hybridized carbons (Fsp3) is 0.250. The van der Waals surface area contributed by atoms with E-state index in [0.29, 0.717) is 16.6 Å². The van der Waals surface area contributed by atoms with E-state index in [1.807, 2.05) is 31.2 Å². The van der Waals surface area contributed by atoms with Crippen molar-refractivity contribution in [3.8, 4) is 0 Å². The van der Waals surface area contributed by atoms with Crippen LogP contribution in [0.15, 0.2) is 36.4 Å². The molecule has 1 atom stereocenters. The summed E-state index contributed by atoms with van der Waals surface area (Å²) in [6.45, 7) is 4.79. The molecule has 0 aliphatic heterocycles. The summed E-state index contributed by atoms with van der Waals surface area (Å²) in [7, 11) is 0. The van der Waals surface area contributed by atoms with Crippen molar-refractivity contribution in [3.63, 3.8) is 0 Å². The number of hydrogen-bond donors (Lipinski definition) is 1. The molecule has 1 nitrogen and oxygen atoms in total. The first-order chi connectivity index (χ1) is 9.47. The number of rotatable bonds is 4. The Bertz CT molecular complexity index is 611. The highest BCUT2D eigenvalue weighted by Crippen LogP contribution is 2.26. The summed E-state index contributed by atoms with van der Waals surface area (Å²) in [5.74, 6) is 0. The van der Waals surface area contributed by atoms with Gasteiger partial charge in [0.2, 0.25) is 0 Å². The molecule has 1 N–H and O–H groups in total. The van der Waals surface area contributed by atoms with Crippen molar-refractivity contribution in [2.45, 2.75) is 26.4 Å². The van der Waals surface area contributed by atoms with E-state index in [9.17, 15) is 0 Å². The molecule has 0 radical (unpaired) electrons. The second-order valence-corrected chi connectivity index (χ2v) is 6.11. The van der Waals surface area contributed by atoms with Gasteiger partial charge in [0.15, 0.2) is 0 Å². The molecule has 0 aliphatic carbocycles. The van der Waals surface area contributed by atoms with Crippen LogP contribution in [0.4, 0.5) is 0 Å². The van der Waals surface area contributed by atoms with Crippen LogP contribution in [0.25, 0.3) is 0 Å². The Balaban J connectivity index is 2.06. The number of benzene rings is 2. The van der Waals surface area contributed by atoms with E-state index in [-0.39, 0.29) is 6.04 Å². The fourth-order valence-electron chi connectivity index (χ4n) is 2.02. The van der Waals surface area contributed by atoms with Crippen molar-refractivity contribution in [2.75, 3.05) is 0 Å². The van der Waals surface area contributed by atoms with Crippen molar-refractivity contribution < 1.29 is 0 Å². The molecule has 0 bridgehead atoms. The largest absolute Gasteiger partial charge is 0.306 e. The molecule has 0 spiro atoms. The van der Waals surface area contributed by atoms with Crippen molar-refractivity contribution in [3.05, 3.63) is 68.2 Å². The maximum absolute atomic E-state index is 6.23. The van der Waals surface area contributed by atoms with Crippen LogP contribution in [-0.4, -0.2) is 0 Å². The molecule has 4 heteroatoms. The van der Waals surface area contributed by atoms with Gasteiger partial charge in [-0.2, -0.15) is 0 Å². The van der Waals surface area contributed by atoms with Crippen LogP contribution in [-0.2, 0) is 6.54 Å². The highest BCUT2D eigenvalue weighted by atomic mass is 35.5. The van der Waals surface area contributed by atoms with E-state index in [4.69, 9.17) is 34.8 Å². The molecule has 1 unspecified atom stereocenters. The number of hydrogen-bond acceptors (Lipinski definition) is 1. The Kier molecular flexibility index (Phi) is 5.34. The van der Waals surface area contributed by atoms with E-state index >= 15 is 0 Å². The highest BCUT2D eigenvalue weighted by Gasteiger charge is 2.10. The molecule has 2 rings (SSSR count). The quantitative estimate of drug-likeness (QED) is 0.747. The second-order valence-electron chi connectivity index (χ2n) is 4.86. The molecule has 0 saturated carbocycles. The molecule has 20 heavy (non-hydrogen) atoms. The maximum Gasteiger partial charge on any atom is 0.0468 e. The number of halogens is 3. The highest BCUT2D eigenvalue weighted by molar-refractivity contribution is 6.35. The molecule has 106 valence electrons. The van der Waals surface area contributed by atoms with Crippen LogP contribution in [0.5, 0.6) is 0 Å². The predicted octanol–water partition coefficient (Wildman–Crippen LogP) is 5.81. The first-order valence-electron chi connectivity index (χ1n) is 6.40. The number of aryl methyl sites for hydroxylation is 1. The summed E-state index contributed by atoms with van der Waals surface area (Å²) in [5, 5.41) is 5.53. The van der Waals surface area contributed by atoms with Gasteiger partial charge in [0, 0.05) is 27.7 Å². The average molecular weight is 329 g/mol. The third kappa shape index (κ3) is 3.89. The van der Waals surface area contributed by atoms with Gasteiger partial charge in [-0.15, -0.1) is 0 Å². The van der Waals surface area contributed by atoms with E-state index in [1.165, 1.54) is 0 Å². The number of nitrogens with one attached hydrogen (secondary N) is 1. The van der Waals surface area contributed by atoms with Gasteiger partial charge < -0.3 is 5.32 Å². The van der Waals surface area contributed by atoms with Gasteiger partial charge in [0.05, 0.1) is 0 Å². The monoisotopic (exact) mass is 327 g/mol. The molecule has 0 heterocycles. The van der Waals surface area contributed by atoms with Gasteiger partial charge in [0.1, 0.15) is 0 Å². The topological polar surface area (TPSA) is 12.0 Å². The molecular formula is C16H16Cl3N. The summed E-state index contributed by atoms with van der Waals surface area (Å²) in [6, 6.07) is 11.7. The summed E-state index contributed by atoms with van der Waals surface area (Å²) in [6.07, 6.45) is 0. The summed E-state index contributed by atoms with van der Waals surface area (Å²) >= 11 is 18.3. The lowest BCUT2D eigenvalue weighted by Crippen LogP contribution is -2.18. The molecule has 0 saturated heterocycles. The standard InChI is InChI=1S/C16H16Cl3N/c1-10-3-4-12(15(18)7-10)9-20-11(2)14-6-5-13(17)8-16(14)19/h3-8,11,20H,9H2,1-2H3.